The van der Waals surface area contributed by atoms with Crippen LogP contribution in [0, 0.1) is 17.0 Å². The number of amides is 1. The van der Waals surface area contributed by atoms with E-state index in [2.05, 4.69) is 0 Å². The van der Waals surface area contributed by atoms with Crippen LogP contribution in [0.1, 0.15) is 21.5 Å². The van der Waals surface area contributed by atoms with Gasteiger partial charge in [-0.15, -0.1) is 0 Å². The monoisotopic (exact) mass is 346 g/mol. The number of non-ortho nitro benzene ring substituents is 1. The molecule has 3 rings (SSSR count). The quantitative estimate of drug-likeness (QED) is 0.495. The fourth-order valence-electron chi connectivity index (χ4n) is 2.65. The van der Waals surface area contributed by atoms with Gasteiger partial charge >= 0.3 is 0 Å². The first-order valence-corrected chi connectivity index (χ1v) is 8.21. The average Bonchev–Trinajstić information content (AvgIpc) is 2.67. The summed E-state index contributed by atoms with van der Waals surface area (Å²) in [6.45, 7) is 2.41. The van der Waals surface area contributed by atoms with E-state index >= 15 is 0 Å². The molecule has 0 aromatic heterocycles. The summed E-state index contributed by atoms with van der Waals surface area (Å²) in [5.41, 5.74) is 3.26. The van der Waals surface area contributed by atoms with Crippen molar-refractivity contribution < 1.29 is 9.72 Å². The van der Waals surface area contributed by atoms with Gasteiger partial charge in [-0.1, -0.05) is 48.0 Å². The molecule has 0 unspecified atom stereocenters. The van der Waals surface area contributed by atoms with E-state index in [1.165, 1.54) is 24.3 Å². The summed E-state index contributed by atoms with van der Waals surface area (Å²) in [5, 5.41) is 10.8. The Morgan fingerprint density at radius 1 is 0.923 bits per heavy atom. The molecule has 1 amide bonds. The van der Waals surface area contributed by atoms with Crippen molar-refractivity contribution in [2.75, 3.05) is 4.90 Å². The highest BCUT2D eigenvalue weighted by molar-refractivity contribution is 6.06. The number of nitro benzene ring substituents is 1. The molecule has 0 fully saturated rings. The lowest BCUT2D eigenvalue weighted by Gasteiger charge is -2.23. The van der Waals surface area contributed by atoms with Gasteiger partial charge in [0.2, 0.25) is 0 Å². The van der Waals surface area contributed by atoms with Crippen LogP contribution in [0.2, 0.25) is 0 Å². The Kier molecular flexibility index (Phi) is 5.08. The molecule has 0 N–H and O–H groups in total. The summed E-state index contributed by atoms with van der Waals surface area (Å²) >= 11 is 0. The second-order valence-electron chi connectivity index (χ2n) is 6.02. The molecule has 0 saturated heterocycles. The predicted octanol–water partition coefficient (Wildman–Crippen LogP) is 4.75. The van der Waals surface area contributed by atoms with Crippen LogP contribution in [-0.4, -0.2) is 10.8 Å². The molecule has 0 radical (unpaired) electrons. The summed E-state index contributed by atoms with van der Waals surface area (Å²) in [7, 11) is 0. The van der Waals surface area contributed by atoms with Crippen molar-refractivity contribution >= 4 is 17.3 Å². The van der Waals surface area contributed by atoms with Crippen LogP contribution in [0.25, 0.3) is 0 Å². The Morgan fingerprint density at radius 2 is 1.54 bits per heavy atom. The highest BCUT2D eigenvalue weighted by atomic mass is 16.6. The largest absolute Gasteiger partial charge is 0.304 e. The number of carbonyl (C=O) groups excluding carboxylic acids is 1. The maximum Gasteiger partial charge on any atom is 0.269 e. The van der Waals surface area contributed by atoms with Gasteiger partial charge in [-0.3, -0.25) is 14.9 Å². The number of hydrogen-bond acceptors (Lipinski definition) is 3. The summed E-state index contributed by atoms with van der Waals surface area (Å²) < 4.78 is 0. The molecule has 0 aliphatic carbocycles. The Morgan fingerprint density at radius 3 is 2.12 bits per heavy atom. The Labute approximate surface area is 151 Å². The Hall–Kier alpha value is -3.47. The number of nitro groups is 1. The van der Waals surface area contributed by atoms with E-state index in [9.17, 15) is 14.9 Å². The van der Waals surface area contributed by atoms with Crippen molar-refractivity contribution in [2.45, 2.75) is 13.5 Å². The topological polar surface area (TPSA) is 63.5 Å². The number of rotatable bonds is 5. The first-order valence-electron chi connectivity index (χ1n) is 8.21. The molecule has 0 saturated carbocycles. The normalized spacial score (nSPS) is 10.3. The van der Waals surface area contributed by atoms with Crippen LogP contribution in [-0.2, 0) is 6.54 Å². The summed E-state index contributed by atoms with van der Waals surface area (Å²) in [6, 6.07) is 23.1. The molecular weight excluding hydrogens is 328 g/mol. The third-order valence-electron chi connectivity index (χ3n) is 4.10. The molecule has 0 aliphatic rings. The molecule has 5 heteroatoms. The van der Waals surface area contributed by atoms with Crippen LogP contribution in [0.4, 0.5) is 11.4 Å². The zero-order valence-corrected chi connectivity index (χ0v) is 14.3. The van der Waals surface area contributed by atoms with Crippen molar-refractivity contribution in [3.63, 3.8) is 0 Å². The summed E-state index contributed by atoms with van der Waals surface area (Å²) in [5.74, 6) is -0.201. The second-order valence-corrected chi connectivity index (χ2v) is 6.02. The number of carbonyl (C=O) groups is 1. The molecule has 26 heavy (non-hydrogen) atoms. The molecule has 3 aromatic carbocycles. The average molecular weight is 346 g/mol. The molecule has 3 aromatic rings. The molecule has 5 nitrogen and oxygen atoms in total. The second kappa shape index (κ2) is 7.61. The fourth-order valence-corrected chi connectivity index (χ4v) is 2.65. The van der Waals surface area contributed by atoms with Crippen molar-refractivity contribution in [2.24, 2.45) is 0 Å². The van der Waals surface area contributed by atoms with Gasteiger partial charge in [0.15, 0.2) is 0 Å². The fraction of sp³-hybridized carbons (Fsp3) is 0.0952. The van der Waals surface area contributed by atoms with Gasteiger partial charge in [0, 0.05) is 23.4 Å². The lowest BCUT2D eigenvalue weighted by molar-refractivity contribution is -0.384. The van der Waals surface area contributed by atoms with E-state index < -0.39 is 4.92 Å². The van der Waals surface area contributed by atoms with E-state index in [1.807, 2.05) is 61.5 Å². The van der Waals surface area contributed by atoms with Crippen molar-refractivity contribution in [3.05, 3.63) is 106 Å². The van der Waals surface area contributed by atoms with Crippen molar-refractivity contribution in [1.29, 1.82) is 0 Å². The van der Waals surface area contributed by atoms with Gasteiger partial charge in [0.1, 0.15) is 0 Å². The molecule has 0 aliphatic heterocycles. The number of nitrogens with zero attached hydrogens (tertiary/aromatic N) is 2. The first-order chi connectivity index (χ1) is 12.5. The zero-order valence-electron chi connectivity index (χ0n) is 14.3. The summed E-state index contributed by atoms with van der Waals surface area (Å²) in [4.78, 5) is 25.1. The molecule has 0 bridgehead atoms. The van der Waals surface area contributed by atoms with Crippen molar-refractivity contribution in [1.82, 2.24) is 0 Å². The van der Waals surface area contributed by atoms with Crippen LogP contribution in [0.3, 0.4) is 0 Å². The van der Waals surface area contributed by atoms with E-state index in [1.54, 1.807) is 4.90 Å². The molecule has 130 valence electrons. The lowest BCUT2D eigenvalue weighted by atomic mass is 10.1. The SMILES string of the molecule is Cc1ccc(N(Cc2ccccc2)C(=O)c2ccc([N+](=O)[O-])cc2)cc1. The van der Waals surface area contributed by atoms with Crippen molar-refractivity contribution in [3.8, 4) is 0 Å². The first kappa shape index (κ1) is 17.4. The minimum Gasteiger partial charge on any atom is -0.304 e. The van der Waals surface area contributed by atoms with E-state index in [4.69, 9.17) is 0 Å². The number of hydrogen-bond donors (Lipinski definition) is 0. The van der Waals surface area contributed by atoms with Crippen LogP contribution in [0.15, 0.2) is 78.9 Å². The molecular formula is C21H18N2O3. The van der Waals surface area contributed by atoms with Gasteiger partial charge in [0.25, 0.3) is 11.6 Å². The number of aryl methyl sites for hydroxylation is 1. The van der Waals surface area contributed by atoms with Gasteiger partial charge in [-0.2, -0.15) is 0 Å². The maximum atomic E-state index is 13.1. The lowest BCUT2D eigenvalue weighted by Crippen LogP contribution is -2.30. The highest BCUT2D eigenvalue weighted by Crippen LogP contribution is 2.22. The zero-order chi connectivity index (χ0) is 18.5. The number of benzene rings is 3. The van der Waals surface area contributed by atoms with Gasteiger partial charge < -0.3 is 4.90 Å². The van der Waals surface area contributed by atoms with Crippen LogP contribution in [0.5, 0.6) is 0 Å². The molecule has 0 spiro atoms. The standard InChI is InChI=1S/C21H18N2O3/c1-16-7-11-19(12-8-16)22(15-17-5-3-2-4-6-17)21(24)18-9-13-20(14-10-18)23(25)26/h2-14H,15H2,1H3. The summed E-state index contributed by atoms with van der Waals surface area (Å²) in [6.07, 6.45) is 0. The van der Waals surface area contributed by atoms with E-state index in [0.717, 1.165) is 16.8 Å². The Balaban J connectivity index is 1.94. The predicted molar refractivity (Wildman–Crippen MR) is 101 cm³/mol. The van der Waals surface area contributed by atoms with Gasteiger partial charge in [-0.05, 0) is 36.8 Å². The highest BCUT2D eigenvalue weighted by Gasteiger charge is 2.19. The molecule has 0 heterocycles. The minimum absolute atomic E-state index is 0.0357. The number of anilines is 1. The third-order valence-corrected chi connectivity index (χ3v) is 4.10. The smallest absolute Gasteiger partial charge is 0.269 e. The van der Waals surface area contributed by atoms with Gasteiger partial charge in [0.05, 0.1) is 11.5 Å². The van der Waals surface area contributed by atoms with Gasteiger partial charge in [-0.25, -0.2) is 0 Å². The Bertz CT molecular complexity index is 904. The third kappa shape index (κ3) is 3.95. The van der Waals surface area contributed by atoms with E-state index in [0.29, 0.717) is 12.1 Å². The molecule has 0 atom stereocenters. The van der Waals surface area contributed by atoms with Crippen LogP contribution < -0.4 is 4.90 Å². The minimum atomic E-state index is -0.476. The van der Waals surface area contributed by atoms with Crippen LogP contribution >= 0.6 is 0 Å². The van der Waals surface area contributed by atoms with E-state index in [-0.39, 0.29) is 11.6 Å². The maximum absolute atomic E-state index is 13.1.